The van der Waals surface area contributed by atoms with Crippen molar-refractivity contribution in [1.29, 1.82) is 0 Å². The molecule has 0 unspecified atom stereocenters. The van der Waals surface area contributed by atoms with Crippen molar-refractivity contribution in [3.05, 3.63) is 0 Å². The molecule has 0 aromatic rings. The summed E-state index contributed by atoms with van der Waals surface area (Å²) in [5.41, 5.74) is 0. The standard InChI is InChI=1S/C7H14ClN/c1-7(6-8)9-4-2-3-5-9/h7H,2-6H2,1H3/t7-/m0/s1. The molecule has 1 saturated heterocycles. The summed E-state index contributed by atoms with van der Waals surface area (Å²) in [5, 5.41) is 0. The Labute approximate surface area is 62.0 Å². The third kappa shape index (κ3) is 1.84. The van der Waals surface area contributed by atoms with Crippen LogP contribution in [-0.2, 0) is 0 Å². The first-order valence-electron chi connectivity index (χ1n) is 3.64. The lowest BCUT2D eigenvalue weighted by atomic mass is 10.3. The Morgan fingerprint density at radius 3 is 2.44 bits per heavy atom. The van der Waals surface area contributed by atoms with Crippen LogP contribution in [0.15, 0.2) is 0 Å². The molecule has 1 aliphatic rings. The summed E-state index contributed by atoms with van der Waals surface area (Å²) in [6.45, 7) is 4.71. The first-order chi connectivity index (χ1) is 4.34. The molecule has 0 saturated carbocycles. The van der Waals surface area contributed by atoms with Crippen molar-refractivity contribution in [2.45, 2.75) is 25.8 Å². The van der Waals surface area contributed by atoms with Gasteiger partial charge in [-0.25, -0.2) is 0 Å². The summed E-state index contributed by atoms with van der Waals surface area (Å²) in [6.07, 6.45) is 2.72. The van der Waals surface area contributed by atoms with E-state index < -0.39 is 0 Å². The summed E-state index contributed by atoms with van der Waals surface area (Å²) >= 11 is 5.69. The monoisotopic (exact) mass is 147 g/mol. The maximum absolute atomic E-state index is 5.69. The number of hydrogen-bond acceptors (Lipinski definition) is 1. The third-order valence-electron chi connectivity index (χ3n) is 1.99. The molecule has 2 heteroatoms. The zero-order valence-electron chi connectivity index (χ0n) is 5.94. The van der Waals surface area contributed by atoms with Crippen molar-refractivity contribution in [1.82, 2.24) is 4.90 Å². The summed E-state index contributed by atoms with van der Waals surface area (Å²) in [7, 11) is 0. The van der Waals surface area contributed by atoms with Gasteiger partial charge in [0.1, 0.15) is 0 Å². The van der Waals surface area contributed by atoms with Crippen LogP contribution in [0, 0.1) is 0 Å². The van der Waals surface area contributed by atoms with Gasteiger partial charge in [-0.2, -0.15) is 0 Å². The number of rotatable bonds is 2. The molecule has 1 aliphatic heterocycles. The maximum Gasteiger partial charge on any atom is 0.0376 e. The molecular weight excluding hydrogens is 134 g/mol. The Hall–Kier alpha value is 0.250. The highest BCUT2D eigenvalue weighted by atomic mass is 35.5. The SMILES string of the molecule is C[C@@H](CCl)N1CCCC1. The number of alkyl halides is 1. The van der Waals surface area contributed by atoms with Gasteiger partial charge in [-0.3, -0.25) is 4.90 Å². The molecule has 1 rings (SSSR count). The van der Waals surface area contributed by atoms with Gasteiger partial charge in [0.25, 0.3) is 0 Å². The summed E-state index contributed by atoms with van der Waals surface area (Å²) in [6, 6.07) is 0.592. The van der Waals surface area contributed by atoms with Crippen LogP contribution in [0.5, 0.6) is 0 Å². The van der Waals surface area contributed by atoms with Crippen LogP contribution in [0.3, 0.4) is 0 Å². The predicted octanol–water partition coefficient (Wildman–Crippen LogP) is 1.71. The highest BCUT2D eigenvalue weighted by molar-refractivity contribution is 6.18. The van der Waals surface area contributed by atoms with Crippen molar-refractivity contribution in [2.75, 3.05) is 19.0 Å². The van der Waals surface area contributed by atoms with Gasteiger partial charge in [0.05, 0.1) is 0 Å². The molecule has 54 valence electrons. The fourth-order valence-corrected chi connectivity index (χ4v) is 1.48. The first kappa shape index (κ1) is 7.36. The molecule has 1 fully saturated rings. The van der Waals surface area contributed by atoms with Crippen LogP contribution in [0.2, 0.25) is 0 Å². The smallest absolute Gasteiger partial charge is 0.0376 e. The Balaban J connectivity index is 2.24. The van der Waals surface area contributed by atoms with Crippen molar-refractivity contribution in [2.24, 2.45) is 0 Å². The topological polar surface area (TPSA) is 3.24 Å². The minimum Gasteiger partial charge on any atom is -0.299 e. The normalized spacial score (nSPS) is 24.7. The van der Waals surface area contributed by atoms with Crippen LogP contribution in [0.4, 0.5) is 0 Å². The van der Waals surface area contributed by atoms with E-state index >= 15 is 0 Å². The lowest BCUT2D eigenvalue weighted by Crippen LogP contribution is -2.31. The van der Waals surface area contributed by atoms with Crippen LogP contribution in [0.25, 0.3) is 0 Å². The van der Waals surface area contributed by atoms with Crippen LogP contribution >= 0.6 is 11.6 Å². The molecule has 0 aromatic carbocycles. The molecule has 0 aliphatic carbocycles. The van der Waals surface area contributed by atoms with E-state index in [1.165, 1.54) is 25.9 Å². The minimum atomic E-state index is 0.592. The molecule has 1 heterocycles. The van der Waals surface area contributed by atoms with E-state index in [4.69, 9.17) is 11.6 Å². The van der Waals surface area contributed by atoms with Gasteiger partial charge in [0, 0.05) is 11.9 Å². The second-order valence-electron chi connectivity index (χ2n) is 2.75. The van der Waals surface area contributed by atoms with E-state index in [2.05, 4.69) is 11.8 Å². The van der Waals surface area contributed by atoms with Gasteiger partial charge in [-0.1, -0.05) is 0 Å². The lowest BCUT2D eigenvalue weighted by molar-refractivity contribution is 0.279. The highest BCUT2D eigenvalue weighted by Crippen LogP contribution is 2.11. The fraction of sp³-hybridized carbons (Fsp3) is 1.00. The third-order valence-corrected chi connectivity index (χ3v) is 2.43. The van der Waals surface area contributed by atoms with Gasteiger partial charge >= 0.3 is 0 Å². The van der Waals surface area contributed by atoms with Gasteiger partial charge in [0.15, 0.2) is 0 Å². The molecule has 9 heavy (non-hydrogen) atoms. The fourth-order valence-electron chi connectivity index (χ4n) is 1.28. The molecule has 1 atom stereocenters. The molecule has 0 N–H and O–H groups in total. The Bertz CT molecular complexity index is 79.0. The van der Waals surface area contributed by atoms with E-state index in [1.807, 2.05) is 0 Å². The minimum absolute atomic E-state index is 0.592. The molecular formula is C7H14ClN. The van der Waals surface area contributed by atoms with Crippen molar-refractivity contribution in [3.63, 3.8) is 0 Å². The Morgan fingerprint density at radius 1 is 1.44 bits per heavy atom. The van der Waals surface area contributed by atoms with Gasteiger partial charge in [-0.05, 0) is 32.9 Å². The predicted molar refractivity (Wildman–Crippen MR) is 41.0 cm³/mol. The first-order valence-corrected chi connectivity index (χ1v) is 4.18. The maximum atomic E-state index is 5.69. The van der Waals surface area contributed by atoms with E-state index in [9.17, 15) is 0 Å². The van der Waals surface area contributed by atoms with Gasteiger partial charge < -0.3 is 0 Å². The van der Waals surface area contributed by atoms with E-state index in [0.717, 1.165) is 5.88 Å². The number of halogens is 1. The molecule has 0 amide bonds. The van der Waals surface area contributed by atoms with Crippen LogP contribution in [0.1, 0.15) is 19.8 Å². The quantitative estimate of drug-likeness (QED) is 0.538. The Kier molecular flexibility index (Phi) is 2.80. The summed E-state index contributed by atoms with van der Waals surface area (Å²) in [4.78, 5) is 2.45. The second kappa shape index (κ2) is 3.43. The van der Waals surface area contributed by atoms with Crippen molar-refractivity contribution >= 4 is 11.6 Å². The van der Waals surface area contributed by atoms with E-state index in [-0.39, 0.29) is 0 Å². The van der Waals surface area contributed by atoms with Crippen molar-refractivity contribution in [3.8, 4) is 0 Å². The second-order valence-corrected chi connectivity index (χ2v) is 3.06. The largest absolute Gasteiger partial charge is 0.299 e. The molecule has 0 radical (unpaired) electrons. The zero-order valence-corrected chi connectivity index (χ0v) is 6.69. The van der Waals surface area contributed by atoms with E-state index in [0.29, 0.717) is 6.04 Å². The molecule has 0 spiro atoms. The molecule has 1 nitrogen and oxygen atoms in total. The number of nitrogens with zero attached hydrogens (tertiary/aromatic N) is 1. The number of hydrogen-bond donors (Lipinski definition) is 0. The summed E-state index contributed by atoms with van der Waals surface area (Å²) in [5.74, 6) is 0.778. The Morgan fingerprint density at radius 2 is 2.00 bits per heavy atom. The molecule has 0 aromatic heterocycles. The van der Waals surface area contributed by atoms with Gasteiger partial charge in [0.2, 0.25) is 0 Å². The summed E-state index contributed by atoms with van der Waals surface area (Å²) < 4.78 is 0. The number of likely N-dealkylation sites (tertiary alicyclic amines) is 1. The van der Waals surface area contributed by atoms with Crippen LogP contribution in [-0.4, -0.2) is 29.9 Å². The average molecular weight is 148 g/mol. The highest BCUT2D eigenvalue weighted by Gasteiger charge is 2.16. The van der Waals surface area contributed by atoms with Crippen LogP contribution < -0.4 is 0 Å². The van der Waals surface area contributed by atoms with E-state index in [1.54, 1.807) is 0 Å². The van der Waals surface area contributed by atoms with Gasteiger partial charge in [-0.15, -0.1) is 11.6 Å². The lowest BCUT2D eigenvalue weighted by Gasteiger charge is -2.20. The average Bonchev–Trinajstić information content (AvgIpc) is 2.37. The zero-order chi connectivity index (χ0) is 6.69. The van der Waals surface area contributed by atoms with Crippen molar-refractivity contribution < 1.29 is 0 Å². The molecule has 0 bridgehead atoms.